The van der Waals surface area contributed by atoms with Gasteiger partial charge < -0.3 is 11.5 Å². The molecule has 0 spiro atoms. The Hall–Kier alpha value is -0.340. The summed E-state index contributed by atoms with van der Waals surface area (Å²) in [6.07, 6.45) is 7.11. The Balaban J connectivity index is 2.56. The van der Waals surface area contributed by atoms with Crippen molar-refractivity contribution in [3.8, 4) is 0 Å². The molecule has 0 heterocycles. The molecule has 0 atom stereocenters. The maximum absolute atomic E-state index is 5.57. The highest BCUT2D eigenvalue weighted by Gasteiger charge is 2.15. The third-order valence-corrected chi connectivity index (χ3v) is 1.41. The van der Waals surface area contributed by atoms with Crippen molar-refractivity contribution in [2.75, 3.05) is 0 Å². The molecule has 1 aliphatic carbocycles. The molecule has 0 aliphatic heterocycles. The lowest BCUT2D eigenvalue weighted by Gasteiger charge is -2.22. The van der Waals surface area contributed by atoms with E-state index in [-0.39, 0.29) is 0 Å². The van der Waals surface area contributed by atoms with Gasteiger partial charge in [0.05, 0.1) is 5.66 Å². The zero-order valence-corrected chi connectivity index (χ0v) is 4.93. The molecule has 1 rings (SSSR count). The van der Waals surface area contributed by atoms with Gasteiger partial charge in [0, 0.05) is 0 Å². The van der Waals surface area contributed by atoms with Gasteiger partial charge in [-0.25, -0.2) is 0 Å². The van der Waals surface area contributed by atoms with Gasteiger partial charge in [-0.15, -0.1) is 0 Å². The van der Waals surface area contributed by atoms with Crippen molar-refractivity contribution in [1.82, 2.24) is 0 Å². The van der Waals surface area contributed by atoms with Crippen LogP contribution in [0.2, 0.25) is 0 Å². The number of allylic oxidation sites excluding steroid dienone is 1. The highest BCUT2D eigenvalue weighted by molar-refractivity contribution is 5.04. The Kier molecular flexibility index (Phi) is 1.36. The second-order valence-electron chi connectivity index (χ2n) is 2.41. The van der Waals surface area contributed by atoms with Crippen LogP contribution in [0.4, 0.5) is 0 Å². The van der Waals surface area contributed by atoms with E-state index in [4.69, 9.17) is 11.5 Å². The number of hydrogen-bond acceptors (Lipinski definition) is 2. The predicted octanol–water partition coefficient (Wildman–Crippen LogP) is 0.340. The van der Waals surface area contributed by atoms with Gasteiger partial charge in [0.1, 0.15) is 0 Å². The lowest BCUT2D eigenvalue weighted by molar-refractivity contribution is 0.469. The Morgan fingerprint density at radius 1 is 1.38 bits per heavy atom. The molecule has 0 unspecified atom stereocenters. The van der Waals surface area contributed by atoms with Gasteiger partial charge >= 0.3 is 0 Å². The molecule has 1 aliphatic rings. The molecule has 4 N–H and O–H groups in total. The molecule has 0 saturated heterocycles. The third kappa shape index (κ3) is 1.32. The minimum absolute atomic E-state index is 0.502. The zero-order chi connectivity index (χ0) is 6.04. The van der Waals surface area contributed by atoms with Gasteiger partial charge in [-0.3, -0.25) is 0 Å². The van der Waals surface area contributed by atoms with E-state index in [2.05, 4.69) is 0 Å². The molecule has 46 valence electrons. The van der Waals surface area contributed by atoms with Crippen LogP contribution in [0.25, 0.3) is 0 Å². The van der Waals surface area contributed by atoms with Gasteiger partial charge in [0.15, 0.2) is 0 Å². The Morgan fingerprint density at radius 2 is 2.12 bits per heavy atom. The average Bonchev–Trinajstić information content (AvgIpc) is 1.65. The maximum Gasteiger partial charge on any atom is 0.0828 e. The quantitative estimate of drug-likeness (QED) is 0.350. The van der Waals surface area contributed by atoms with Gasteiger partial charge in [0.2, 0.25) is 0 Å². The molecule has 0 aromatic rings. The Labute approximate surface area is 49.5 Å². The van der Waals surface area contributed by atoms with E-state index in [1.165, 1.54) is 0 Å². The zero-order valence-electron chi connectivity index (χ0n) is 4.93. The molecular weight excluding hydrogens is 100 g/mol. The summed E-state index contributed by atoms with van der Waals surface area (Å²) in [5.41, 5.74) is 10.6. The number of rotatable bonds is 0. The molecule has 0 saturated carbocycles. The van der Waals surface area contributed by atoms with Crippen molar-refractivity contribution < 1.29 is 0 Å². The van der Waals surface area contributed by atoms with E-state index < -0.39 is 5.66 Å². The SMILES string of the molecule is NC1(N)C=CCCC1. The van der Waals surface area contributed by atoms with E-state index in [0.29, 0.717) is 0 Å². The predicted molar refractivity (Wildman–Crippen MR) is 34.1 cm³/mol. The highest BCUT2D eigenvalue weighted by atomic mass is 14.9. The first-order valence-electron chi connectivity index (χ1n) is 2.96. The van der Waals surface area contributed by atoms with E-state index in [1.54, 1.807) is 0 Å². The number of nitrogens with two attached hydrogens (primary N) is 2. The summed E-state index contributed by atoms with van der Waals surface area (Å²) in [5.74, 6) is 0. The molecule has 0 bridgehead atoms. The normalized spacial score (nSPS) is 25.8. The van der Waals surface area contributed by atoms with Gasteiger partial charge in [-0.05, 0) is 19.3 Å². The third-order valence-electron chi connectivity index (χ3n) is 1.41. The number of hydrogen-bond donors (Lipinski definition) is 2. The van der Waals surface area contributed by atoms with Crippen molar-refractivity contribution in [3.63, 3.8) is 0 Å². The van der Waals surface area contributed by atoms with Crippen molar-refractivity contribution >= 4 is 0 Å². The minimum atomic E-state index is -0.502. The highest BCUT2D eigenvalue weighted by Crippen LogP contribution is 2.13. The second-order valence-corrected chi connectivity index (χ2v) is 2.41. The molecule has 2 heteroatoms. The summed E-state index contributed by atoms with van der Waals surface area (Å²) < 4.78 is 0. The van der Waals surface area contributed by atoms with Crippen LogP contribution in [-0.2, 0) is 0 Å². The van der Waals surface area contributed by atoms with Crippen LogP contribution in [0.15, 0.2) is 12.2 Å². The van der Waals surface area contributed by atoms with Crippen LogP contribution < -0.4 is 11.5 Å². The molecule has 0 fully saturated rings. The van der Waals surface area contributed by atoms with E-state index in [1.807, 2.05) is 12.2 Å². The maximum atomic E-state index is 5.57. The largest absolute Gasteiger partial charge is 0.310 e. The molecule has 2 nitrogen and oxygen atoms in total. The van der Waals surface area contributed by atoms with Crippen LogP contribution >= 0.6 is 0 Å². The Bertz CT molecular complexity index is 105. The summed E-state index contributed by atoms with van der Waals surface area (Å²) >= 11 is 0. The minimum Gasteiger partial charge on any atom is -0.310 e. The van der Waals surface area contributed by atoms with Gasteiger partial charge in [-0.1, -0.05) is 12.2 Å². The van der Waals surface area contributed by atoms with Crippen LogP contribution in [-0.4, -0.2) is 5.66 Å². The molecule has 8 heavy (non-hydrogen) atoms. The molecular formula is C6H12N2. The van der Waals surface area contributed by atoms with Gasteiger partial charge in [0.25, 0.3) is 0 Å². The Morgan fingerprint density at radius 3 is 2.38 bits per heavy atom. The van der Waals surface area contributed by atoms with Crippen molar-refractivity contribution in [2.45, 2.75) is 24.9 Å². The summed E-state index contributed by atoms with van der Waals surface area (Å²) in [7, 11) is 0. The monoisotopic (exact) mass is 112 g/mol. The second kappa shape index (κ2) is 1.88. The summed E-state index contributed by atoms with van der Waals surface area (Å²) in [6, 6.07) is 0. The lowest BCUT2D eigenvalue weighted by atomic mass is 9.98. The van der Waals surface area contributed by atoms with E-state index >= 15 is 0 Å². The van der Waals surface area contributed by atoms with Crippen LogP contribution in [0.3, 0.4) is 0 Å². The first kappa shape index (κ1) is 5.79. The van der Waals surface area contributed by atoms with Crippen LogP contribution in [0.5, 0.6) is 0 Å². The fraction of sp³-hybridized carbons (Fsp3) is 0.667. The van der Waals surface area contributed by atoms with Crippen LogP contribution in [0.1, 0.15) is 19.3 Å². The molecule has 0 aromatic carbocycles. The molecule has 0 amide bonds. The van der Waals surface area contributed by atoms with Crippen molar-refractivity contribution in [1.29, 1.82) is 0 Å². The van der Waals surface area contributed by atoms with Crippen LogP contribution in [0, 0.1) is 0 Å². The summed E-state index contributed by atoms with van der Waals surface area (Å²) in [5, 5.41) is 0. The van der Waals surface area contributed by atoms with Crippen molar-refractivity contribution in [2.24, 2.45) is 11.5 Å². The standard InChI is InChI=1S/C6H12N2/c7-6(8)4-2-1-3-5-6/h2,4H,1,3,5,7-8H2. The van der Waals surface area contributed by atoms with Crippen molar-refractivity contribution in [3.05, 3.63) is 12.2 Å². The van der Waals surface area contributed by atoms with E-state index in [9.17, 15) is 0 Å². The topological polar surface area (TPSA) is 52.0 Å². The summed E-state index contributed by atoms with van der Waals surface area (Å²) in [4.78, 5) is 0. The average molecular weight is 112 g/mol. The first-order chi connectivity index (χ1) is 3.71. The smallest absolute Gasteiger partial charge is 0.0828 e. The van der Waals surface area contributed by atoms with E-state index in [0.717, 1.165) is 19.3 Å². The first-order valence-corrected chi connectivity index (χ1v) is 2.96. The molecule has 0 aromatic heterocycles. The molecule has 0 radical (unpaired) electrons. The fourth-order valence-corrected chi connectivity index (χ4v) is 0.912. The summed E-state index contributed by atoms with van der Waals surface area (Å²) in [6.45, 7) is 0. The fourth-order valence-electron chi connectivity index (χ4n) is 0.912. The van der Waals surface area contributed by atoms with Gasteiger partial charge in [-0.2, -0.15) is 0 Å². The lowest BCUT2D eigenvalue weighted by Crippen LogP contribution is -2.48.